The van der Waals surface area contributed by atoms with E-state index in [4.69, 9.17) is 16.3 Å². The lowest BCUT2D eigenvalue weighted by atomic mass is 9.97. The van der Waals surface area contributed by atoms with Crippen LogP contribution in [0.3, 0.4) is 0 Å². The Morgan fingerprint density at radius 2 is 1.68 bits per heavy atom. The maximum atomic E-state index is 13.6. The van der Waals surface area contributed by atoms with E-state index in [2.05, 4.69) is 10.2 Å². The van der Waals surface area contributed by atoms with E-state index in [0.717, 1.165) is 23.4 Å². The molecule has 1 saturated heterocycles. The summed E-state index contributed by atoms with van der Waals surface area (Å²) in [6, 6.07) is 18.6. The third-order valence-electron chi connectivity index (χ3n) is 6.89. The number of alkyl halides is 3. The van der Waals surface area contributed by atoms with E-state index in [-0.39, 0.29) is 23.9 Å². The first-order chi connectivity index (χ1) is 19.6. The highest BCUT2D eigenvalue weighted by atomic mass is 35.5. The summed E-state index contributed by atoms with van der Waals surface area (Å²) in [5, 5.41) is 9.66. The molecule has 0 aliphatic carbocycles. The fraction of sp³-hybridized carbons (Fsp3) is 0.286. The van der Waals surface area contributed by atoms with Gasteiger partial charge in [-0.05, 0) is 73.0 Å². The second kappa shape index (κ2) is 12.0. The fourth-order valence-corrected chi connectivity index (χ4v) is 7.19. The van der Waals surface area contributed by atoms with Gasteiger partial charge in [0.25, 0.3) is 0 Å². The standard InChI is InChI=1S/C28H26ClF3N4O3S2/c1-39-24-9-5-19(6-10-24)18-40-27-34-33-26(36(27)23-4-2-3-21(17-23)28(30,31)32)20-13-15-35(16-14-20)41(37,38)25-11-7-22(29)8-12-25/h2-12,17,20H,13-16,18H2,1H3. The summed E-state index contributed by atoms with van der Waals surface area (Å²) in [6.45, 7) is 0.471. The molecule has 0 radical (unpaired) electrons. The molecule has 3 aromatic carbocycles. The van der Waals surface area contributed by atoms with Gasteiger partial charge in [0.2, 0.25) is 10.0 Å². The molecule has 2 heterocycles. The summed E-state index contributed by atoms with van der Waals surface area (Å²) in [4.78, 5) is 0.157. The smallest absolute Gasteiger partial charge is 0.416 e. The maximum Gasteiger partial charge on any atom is 0.416 e. The van der Waals surface area contributed by atoms with E-state index in [1.165, 1.54) is 46.4 Å². The first-order valence-electron chi connectivity index (χ1n) is 12.7. The molecule has 0 spiro atoms. The predicted octanol–water partition coefficient (Wildman–Crippen LogP) is 6.81. The third-order valence-corrected chi connectivity index (χ3v) is 10.1. The average molecular weight is 623 g/mol. The molecular weight excluding hydrogens is 597 g/mol. The van der Waals surface area contributed by atoms with E-state index in [1.807, 2.05) is 24.3 Å². The van der Waals surface area contributed by atoms with Crippen molar-refractivity contribution in [3.05, 3.63) is 94.8 Å². The Balaban J connectivity index is 1.42. The van der Waals surface area contributed by atoms with E-state index >= 15 is 0 Å². The lowest BCUT2D eigenvalue weighted by Gasteiger charge is -2.31. The van der Waals surface area contributed by atoms with Crippen molar-refractivity contribution in [3.63, 3.8) is 0 Å². The number of piperidine rings is 1. The fourth-order valence-electron chi connectivity index (χ4n) is 4.68. The molecule has 0 saturated carbocycles. The van der Waals surface area contributed by atoms with E-state index in [9.17, 15) is 21.6 Å². The maximum absolute atomic E-state index is 13.6. The first-order valence-corrected chi connectivity index (χ1v) is 15.5. The molecule has 1 aromatic heterocycles. The van der Waals surface area contributed by atoms with Gasteiger partial charge in [-0.1, -0.05) is 41.6 Å². The molecule has 1 aliphatic rings. The number of sulfonamides is 1. The zero-order valence-corrected chi connectivity index (χ0v) is 24.3. The van der Waals surface area contributed by atoms with Gasteiger partial charge in [-0.3, -0.25) is 4.57 Å². The van der Waals surface area contributed by atoms with Gasteiger partial charge in [0.15, 0.2) is 5.16 Å². The van der Waals surface area contributed by atoms with Crippen molar-refractivity contribution in [1.29, 1.82) is 0 Å². The Morgan fingerprint density at radius 1 is 1.00 bits per heavy atom. The number of halogens is 4. The van der Waals surface area contributed by atoms with Crippen molar-refractivity contribution in [2.24, 2.45) is 0 Å². The van der Waals surface area contributed by atoms with Crippen LogP contribution in [-0.4, -0.2) is 47.7 Å². The van der Waals surface area contributed by atoms with Gasteiger partial charge in [-0.25, -0.2) is 8.42 Å². The molecule has 1 fully saturated rings. The second-order valence-corrected chi connectivity index (χ2v) is 12.8. The monoisotopic (exact) mass is 622 g/mol. The second-order valence-electron chi connectivity index (χ2n) is 9.49. The molecule has 0 atom stereocenters. The zero-order valence-electron chi connectivity index (χ0n) is 21.9. The molecule has 1 aliphatic heterocycles. The Labute approximate surface area is 245 Å². The van der Waals surface area contributed by atoms with Gasteiger partial charge >= 0.3 is 6.18 Å². The van der Waals surface area contributed by atoms with Crippen LogP contribution in [-0.2, 0) is 22.0 Å². The normalized spacial score (nSPS) is 15.2. The minimum Gasteiger partial charge on any atom is -0.497 e. The highest BCUT2D eigenvalue weighted by Gasteiger charge is 2.34. The first kappa shape index (κ1) is 29.4. The van der Waals surface area contributed by atoms with Crippen LogP contribution < -0.4 is 4.74 Å². The quantitative estimate of drug-likeness (QED) is 0.201. The van der Waals surface area contributed by atoms with Crippen LogP contribution in [0.2, 0.25) is 5.02 Å². The number of benzene rings is 3. The van der Waals surface area contributed by atoms with Crippen LogP contribution >= 0.6 is 23.4 Å². The van der Waals surface area contributed by atoms with Crippen molar-refractivity contribution in [1.82, 2.24) is 19.1 Å². The van der Waals surface area contributed by atoms with Gasteiger partial charge in [-0.15, -0.1) is 10.2 Å². The van der Waals surface area contributed by atoms with Crippen LogP contribution in [0.25, 0.3) is 5.69 Å². The van der Waals surface area contributed by atoms with Gasteiger partial charge in [0.1, 0.15) is 11.6 Å². The van der Waals surface area contributed by atoms with Crippen LogP contribution in [0.15, 0.2) is 82.8 Å². The molecule has 13 heteroatoms. The SMILES string of the molecule is COc1ccc(CSc2nnc(C3CCN(S(=O)(=O)c4ccc(Cl)cc4)CC3)n2-c2cccc(C(F)(F)F)c2)cc1. The highest BCUT2D eigenvalue weighted by Crippen LogP contribution is 2.36. The van der Waals surface area contributed by atoms with E-state index in [1.54, 1.807) is 17.7 Å². The van der Waals surface area contributed by atoms with Gasteiger partial charge in [0, 0.05) is 29.8 Å². The molecule has 0 bridgehead atoms. The number of rotatable bonds is 8. The largest absolute Gasteiger partial charge is 0.497 e. The van der Waals surface area contributed by atoms with Gasteiger partial charge < -0.3 is 4.74 Å². The summed E-state index contributed by atoms with van der Waals surface area (Å²) in [6.07, 6.45) is -3.64. The number of methoxy groups -OCH3 is 1. The predicted molar refractivity (Wildman–Crippen MR) is 151 cm³/mol. The van der Waals surface area contributed by atoms with Gasteiger partial charge in [-0.2, -0.15) is 17.5 Å². The van der Waals surface area contributed by atoms with Crippen molar-refractivity contribution in [2.45, 2.75) is 40.7 Å². The minimum absolute atomic E-state index is 0.157. The summed E-state index contributed by atoms with van der Waals surface area (Å²) in [7, 11) is -2.13. The summed E-state index contributed by atoms with van der Waals surface area (Å²) >= 11 is 7.27. The molecule has 216 valence electrons. The Kier molecular flexibility index (Phi) is 8.65. The average Bonchev–Trinajstić information content (AvgIpc) is 3.40. The van der Waals surface area contributed by atoms with Crippen molar-refractivity contribution in [2.75, 3.05) is 20.2 Å². The Hall–Kier alpha value is -3.06. The van der Waals surface area contributed by atoms with Gasteiger partial charge in [0.05, 0.1) is 23.3 Å². The molecule has 4 aromatic rings. The number of ether oxygens (including phenoxy) is 1. The minimum atomic E-state index is -4.51. The molecule has 0 amide bonds. The molecule has 7 nitrogen and oxygen atoms in total. The lowest BCUT2D eigenvalue weighted by Crippen LogP contribution is -2.38. The molecular formula is C28H26ClF3N4O3S2. The number of hydrogen-bond donors (Lipinski definition) is 0. The molecule has 41 heavy (non-hydrogen) atoms. The zero-order chi connectivity index (χ0) is 29.2. The topological polar surface area (TPSA) is 77.3 Å². The van der Waals surface area contributed by atoms with Crippen molar-refractivity contribution >= 4 is 33.4 Å². The number of thioether (sulfide) groups is 1. The van der Waals surface area contributed by atoms with Crippen LogP contribution in [0.5, 0.6) is 5.75 Å². The van der Waals surface area contributed by atoms with Crippen molar-refractivity contribution in [3.8, 4) is 11.4 Å². The van der Waals surface area contributed by atoms with E-state index in [0.29, 0.717) is 40.3 Å². The summed E-state index contributed by atoms with van der Waals surface area (Å²) < 4.78 is 75.4. The lowest BCUT2D eigenvalue weighted by molar-refractivity contribution is -0.137. The van der Waals surface area contributed by atoms with Crippen molar-refractivity contribution < 1.29 is 26.3 Å². The number of aromatic nitrogens is 3. The van der Waals surface area contributed by atoms with E-state index < -0.39 is 21.8 Å². The van der Waals surface area contributed by atoms with Crippen LogP contribution in [0.4, 0.5) is 13.2 Å². The summed E-state index contributed by atoms with van der Waals surface area (Å²) in [5.41, 5.74) is 0.509. The molecule has 5 rings (SSSR count). The number of nitrogens with zero attached hydrogens (tertiary/aromatic N) is 4. The third kappa shape index (κ3) is 6.56. The Morgan fingerprint density at radius 3 is 2.32 bits per heavy atom. The van der Waals surface area contributed by atoms with Crippen LogP contribution in [0, 0.1) is 0 Å². The Bertz CT molecular complexity index is 1600. The number of hydrogen-bond acceptors (Lipinski definition) is 6. The van der Waals surface area contributed by atoms with Crippen LogP contribution in [0.1, 0.15) is 35.7 Å². The molecule has 0 N–H and O–H groups in total. The summed E-state index contributed by atoms with van der Waals surface area (Å²) in [5.74, 6) is 1.53. The highest BCUT2D eigenvalue weighted by molar-refractivity contribution is 7.98. The molecule has 0 unspecified atom stereocenters.